The van der Waals surface area contributed by atoms with E-state index in [2.05, 4.69) is 26.3 Å². The Balaban J connectivity index is 1.31. The van der Waals surface area contributed by atoms with Crippen LogP contribution in [0.25, 0.3) is 0 Å². The number of sulfone groups is 1. The van der Waals surface area contributed by atoms with Crippen molar-refractivity contribution in [2.24, 2.45) is 0 Å². The Morgan fingerprint density at radius 3 is 2.59 bits per heavy atom. The van der Waals surface area contributed by atoms with E-state index in [1.807, 2.05) is 18.5 Å². The van der Waals surface area contributed by atoms with Crippen LogP contribution in [0.1, 0.15) is 24.2 Å². The fraction of sp³-hybridized carbons (Fsp3) is 0.778. The van der Waals surface area contributed by atoms with Gasteiger partial charge in [0.1, 0.15) is 0 Å². The summed E-state index contributed by atoms with van der Waals surface area (Å²) in [6.45, 7) is 9.20. The van der Waals surface area contributed by atoms with Gasteiger partial charge in [-0.15, -0.1) is 0 Å². The van der Waals surface area contributed by atoms with E-state index in [4.69, 9.17) is 0 Å². The van der Waals surface area contributed by atoms with E-state index < -0.39 is 9.84 Å². The van der Waals surface area contributed by atoms with Crippen molar-refractivity contribution in [3.05, 3.63) is 17.5 Å². The van der Waals surface area contributed by atoms with Crippen LogP contribution < -0.4 is 5.32 Å². The lowest BCUT2D eigenvalue weighted by Crippen LogP contribution is -2.52. The molecule has 0 unspecified atom stereocenters. The molecular weight excluding hydrogens is 366 g/mol. The molecule has 0 aromatic carbocycles. The third-order valence-electron chi connectivity index (χ3n) is 5.47. The average Bonchev–Trinajstić information content (AvgIpc) is 3.13. The van der Waals surface area contributed by atoms with Crippen molar-refractivity contribution >= 4 is 15.7 Å². The molecule has 1 atom stereocenters. The van der Waals surface area contributed by atoms with E-state index in [9.17, 15) is 13.2 Å². The molecule has 1 N–H and O–H groups in total. The molecule has 152 valence electrons. The van der Waals surface area contributed by atoms with Crippen LogP contribution in [0.2, 0.25) is 0 Å². The first-order valence-electron chi connectivity index (χ1n) is 9.77. The molecule has 1 aromatic heterocycles. The predicted molar refractivity (Wildman–Crippen MR) is 104 cm³/mol. The van der Waals surface area contributed by atoms with Gasteiger partial charge < -0.3 is 5.32 Å². The molecule has 1 aromatic rings. The van der Waals surface area contributed by atoms with Crippen molar-refractivity contribution in [1.29, 1.82) is 0 Å². The van der Waals surface area contributed by atoms with Crippen molar-refractivity contribution in [2.45, 2.75) is 39.3 Å². The maximum Gasteiger partial charge on any atom is 0.234 e. The summed E-state index contributed by atoms with van der Waals surface area (Å²) in [5.41, 5.74) is 2.16. The second-order valence-electron chi connectivity index (χ2n) is 7.72. The summed E-state index contributed by atoms with van der Waals surface area (Å²) in [6, 6.07) is 2.22. The smallest absolute Gasteiger partial charge is 0.234 e. The first-order valence-corrected chi connectivity index (χ1v) is 11.6. The van der Waals surface area contributed by atoms with Gasteiger partial charge >= 0.3 is 0 Å². The van der Waals surface area contributed by atoms with Gasteiger partial charge in [0.15, 0.2) is 9.84 Å². The molecule has 2 aliphatic rings. The van der Waals surface area contributed by atoms with Crippen molar-refractivity contribution in [3.8, 4) is 0 Å². The zero-order chi connectivity index (χ0) is 19.4. The second-order valence-corrected chi connectivity index (χ2v) is 9.95. The molecular formula is C18H31N5O3S. The van der Waals surface area contributed by atoms with Crippen LogP contribution in [0.3, 0.4) is 0 Å². The van der Waals surface area contributed by atoms with Gasteiger partial charge in [0.05, 0.1) is 23.7 Å². The summed E-state index contributed by atoms with van der Waals surface area (Å²) in [7, 11) is -2.84. The second kappa shape index (κ2) is 8.70. The molecule has 0 spiro atoms. The molecule has 3 rings (SSSR count). The minimum absolute atomic E-state index is 0.0558. The molecule has 27 heavy (non-hydrogen) atoms. The number of nitrogens with one attached hydrogen (secondary N) is 1. The number of aromatic nitrogens is 2. The quantitative estimate of drug-likeness (QED) is 0.642. The zero-order valence-corrected chi connectivity index (χ0v) is 17.2. The van der Waals surface area contributed by atoms with E-state index in [0.717, 1.165) is 57.0 Å². The summed E-state index contributed by atoms with van der Waals surface area (Å²) in [5.74, 6) is 0.668. The molecule has 2 fully saturated rings. The maximum atomic E-state index is 12.1. The Kier molecular flexibility index (Phi) is 6.54. The van der Waals surface area contributed by atoms with Gasteiger partial charge in [0, 0.05) is 51.0 Å². The Morgan fingerprint density at radius 2 is 2.00 bits per heavy atom. The molecule has 8 nitrogen and oxygen atoms in total. The lowest BCUT2D eigenvalue weighted by Gasteiger charge is -2.37. The van der Waals surface area contributed by atoms with Crippen molar-refractivity contribution in [1.82, 2.24) is 24.9 Å². The molecule has 2 saturated heterocycles. The SMILES string of the molecule is Cc1cc(C)n(CCCNC(=O)CN2CCN([C@@H]3CCS(=O)(=O)C3)CC2)n1. The Hall–Kier alpha value is -1.45. The minimum Gasteiger partial charge on any atom is -0.355 e. The first kappa shape index (κ1) is 20.3. The van der Waals surface area contributed by atoms with E-state index >= 15 is 0 Å². The van der Waals surface area contributed by atoms with E-state index in [1.54, 1.807) is 0 Å². The van der Waals surface area contributed by atoms with Crippen molar-refractivity contribution < 1.29 is 13.2 Å². The standard InChI is InChI=1S/C18H31N5O3S/c1-15-12-16(2)23(20-15)6-3-5-19-18(24)13-21-7-9-22(10-8-21)17-4-11-27(25,26)14-17/h12,17H,3-11,13-14H2,1-2H3,(H,19,24)/t17-/m1/s1. The van der Waals surface area contributed by atoms with Crippen molar-refractivity contribution in [2.75, 3.05) is 50.8 Å². The van der Waals surface area contributed by atoms with Gasteiger partial charge in [0.2, 0.25) is 5.91 Å². The highest BCUT2D eigenvalue weighted by Gasteiger charge is 2.33. The number of hydrogen-bond donors (Lipinski definition) is 1. The summed E-state index contributed by atoms with van der Waals surface area (Å²) in [4.78, 5) is 16.6. The van der Waals surface area contributed by atoms with Crippen LogP contribution in [0.15, 0.2) is 6.07 Å². The Labute approximate surface area is 161 Å². The monoisotopic (exact) mass is 397 g/mol. The van der Waals surface area contributed by atoms with Gasteiger partial charge in [-0.2, -0.15) is 5.10 Å². The van der Waals surface area contributed by atoms with Crippen LogP contribution in [-0.4, -0.2) is 90.7 Å². The van der Waals surface area contributed by atoms with Gasteiger partial charge in [-0.3, -0.25) is 19.3 Å². The van der Waals surface area contributed by atoms with E-state index in [0.29, 0.717) is 24.6 Å². The number of piperazine rings is 1. The summed E-state index contributed by atoms with van der Waals surface area (Å²) < 4.78 is 25.2. The number of nitrogens with zero attached hydrogens (tertiary/aromatic N) is 4. The third kappa shape index (κ3) is 5.76. The largest absolute Gasteiger partial charge is 0.355 e. The highest BCUT2D eigenvalue weighted by atomic mass is 32.2. The molecule has 1 amide bonds. The molecule has 0 bridgehead atoms. The normalized spacial score (nSPS) is 23.6. The Bertz CT molecular complexity index is 753. The summed E-state index contributed by atoms with van der Waals surface area (Å²) in [6.07, 6.45) is 1.61. The number of rotatable bonds is 7. The number of amides is 1. The molecule has 9 heteroatoms. The first-order chi connectivity index (χ1) is 12.8. The van der Waals surface area contributed by atoms with Crippen LogP contribution >= 0.6 is 0 Å². The maximum absolute atomic E-state index is 12.1. The molecule has 3 heterocycles. The zero-order valence-electron chi connectivity index (χ0n) is 16.4. The summed E-state index contributed by atoms with van der Waals surface area (Å²) >= 11 is 0. The fourth-order valence-electron chi connectivity index (χ4n) is 3.97. The summed E-state index contributed by atoms with van der Waals surface area (Å²) in [5, 5.41) is 7.41. The van der Waals surface area contributed by atoms with Gasteiger partial charge in [-0.05, 0) is 32.8 Å². The third-order valence-corrected chi connectivity index (χ3v) is 7.22. The van der Waals surface area contributed by atoms with E-state index in [-0.39, 0.29) is 11.9 Å². The molecule has 0 radical (unpaired) electrons. The lowest BCUT2D eigenvalue weighted by atomic mass is 10.2. The van der Waals surface area contributed by atoms with E-state index in [1.165, 1.54) is 0 Å². The Morgan fingerprint density at radius 1 is 1.26 bits per heavy atom. The fourth-order valence-corrected chi connectivity index (χ4v) is 5.73. The van der Waals surface area contributed by atoms with Crippen LogP contribution in [0.5, 0.6) is 0 Å². The van der Waals surface area contributed by atoms with Crippen molar-refractivity contribution in [3.63, 3.8) is 0 Å². The van der Waals surface area contributed by atoms with Crippen LogP contribution in [0, 0.1) is 13.8 Å². The van der Waals surface area contributed by atoms with Gasteiger partial charge in [-0.1, -0.05) is 0 Å². The highest BCUT2D eigenvalue weighted by molar-refractivity contribution is 7.91. The number of aryl methyl sites for hydroxylation is 3. The van der Waals surface area contributed by atoms with Gasteiger partial charge in [-0.25, -0.2) is 8.42 Å². The number of hydrogen-bond acceptors (Lipinski definition) is 6. The minimum atomic E-state index is -2.84. The van der Waals surface area contributed by atoms with Gasteiger partial charge in [0.25, 0.3) is 0 Å². The highest BCUT2D eigenvalue weighted by Crippen LogP contribution is 2.19. The number of carbonyl (C=O) groups is 1. The number of carbonyl (C=O) groups excluding carboxylic acids is 1. The van der Waals surface area contributed by atoms with Crippen LogP contribution in [0.4, 0.5) is 0 Å². The molecule has 0 saturated carbocycles. The van der Waals surface area contributed by atoms with Crippen LogP contribution in [-0.2, 0) is 21.2 Å². The lowest BCUT2D eigenvalue weighted by molar-refractivity contribution is -0.122. The molecule has 2 aliphatic heterocycles. The molecule has 0 aliphatic carbocycles. The predicted octanol–water partition coefficient (Wildman–Crippen LogP) is -0.189. The average molecular weight is 398 g/mol. The topological polar surface area (TPSA) is 87.5 Å².